The van der Waals surface area contributed by atoms with Crippen molar-refractivity contribution in [2.24, 2.45) is 10.2 Å². The minimum atomic E-state index is -5.11. The molecule has 0 aromatic heterocycles. The minimum Gasteiger partial charge on any atom is -0.506 e. The average Bonchev–Trinajstić information content (AvgIpc) is 3.16. The number of fused-ring (bicyclic) bond motifs is 2. The Morgan fingerprint density at radius 3 is 2.14 bits per heavy atom. The third-order valence-corrected chi connectivity index (χ3v) is 10.7. The molecule has 0 radical (unpaired) electrons. The number of amides is 2. The predicted octanol–water partition coefficient (Wildman–Crippen LogP) is 8.27. The monoisotopic (exact) mass is 842 g/mol. The molecule has 0 fully saturated rings. The van der Waals surface area contributed by atoms with Crippen molar-refractivity contribution in [1.82, 2.24) is 5.32 Å². The molecule has 0 aliphatic heterocycles. The first kappa shape index (κ1) is 42.0. The molecule has 16 nitrogen and oxygen atoms in total. The number of rotatable bonds is 14. The van der Waals surface area contributed by atoms with E-state index in [0.717, 1.165) is 42.0 Å². The van der Waals surface area contributed by atoms with E-state index in [1.807, 2.05) is 32.0 Å². The van der Waals surface area contributed by atoms with Crippen LogP contribution in [0.4, 0.5) is 17.1 Å². The van der Waals surface area contributed by atoms with Gasteiger partial charge in [-0.2, -0.15) is 21.9 Å². The molecule has 2 amide bonds. The van der Waals surface area contributed by atoms with Crippen LogP contribution >= 0.6 is 0 Å². The summed E-state index contributed by atoms with van der Waals surface area (Å²) in [5, 5.41) is 35.7. The number of benzene rings is 6. The largest absolute Gasteiger partial charge is 0.506 e. The topological polar surface area (TPSA) is 251 Å². The maximum Gasteiger partial charge on any atom is 0.296 e. The fraction of sp³-hybridized carbons (Fsp3) is 0.171. The van der Waals surface area contributed by atoms with Gasteiger partial charge in [0, 0.05) is 29.6 Å². The number of anilines is 1. The van der Waals surface area contributed by atoms with Gasteiger partial charge in [-0.3, -0.25) is 18.7 Å². The summed E-state index contributed by atoms with van der Waals surface area (Å²) < 4.78 is 80.2. The SMILES string of the molecule is CC(=O)Nc1cc(S(=O)(=O)O)cc2cc(S(=O)(=O)O)c(N=Nc3ccc(Oc4cc(C(=O)NCCCCOc5ccc(C)cc5C)c(O)c5ccccc45)cc3)c(O)c12. The lowest BCUT2D eigenvalue weighted by Crippen LogP contribution is -2.25. The molecule has 0 aliphatic rings. The number of unbranched alkanes of at least 4 members (excludes halogenated alkanes) is 1. The Morgan fingerprint density at radius 2 is 1.47 bits per heavy atom. The molecule has 0 saturated heterocycles. The van der Waals surface area contributed by atoms with Gasteiger partial charge < -0.3 is 30.3 Å². The zero-order valence-corrected chi connectivity index (χ0v) is 33.4. The standard InChI is InChI=1S/C41H38N4O12S2/c1-23-10-15-34(24(2)18-23)56-17-7-6-16-42-41(49)32-22-35(30-8-4-5-9-31(30)39(32)47)57-28-13-11-27(12-14-28)44-45-38-36(59(53,54)55)20-26-19-29(58(50,51)52)21-33(43-25(3)46)37(26)40(38)48/h4-5,8-15,18-22,47-48H,6-7,16-17H2,1-3H3,(H,42,49)(H,43,46)(H,50,51,52)(H,53,54,55). The fourth-order valence-corrected chi connectivity index (χ4v) is 7.46. The van der Waals surface area contributed by atoms with Crippen LogP contribution in [-0.2, 0) is 25.0 Å². The highest BCUT2D eigenvalue weighted by Crippen LogP contribution is 2.45. The zero-order chi connectivity index (χ0) is 42.6. The second kappa shape index (κ2) is 17.1. The van der Waals surface area contributed by atoms with E-state index >= 15 is 0 Å². The number of nitrogens with zero attached hydrogens (tertiary/aromatic N) is 2. The summed E-state index contributed by atoms with van der Waals surface area (Å²) in [4.78, 5) is 23.5. The summed E-state index contributed by atoms with van der Waals surface area (Å²) in [5.74, 6) is -0.959. The first-order valence-electron chi connectivity index (χ1n) is 17.9. The van der Waals surface area contributed by atoms with Crippen LogP contribution in [0.3, 0.4) is 0 Å². The summed E-state index contributed by atoms with van der Waals surface area (Å²) in [6, 6.07) is 22.6. The normalized spacial score (nSPS) is 11.9. The maximum atomic E-state index is 13.3. The molecule has 6 aromatic rings. The number of carbonyl (C=O) groups excluding carboxylic acids is 2. The lowest BCUT2D eigenvalue weighted by molar-refractivity contribution is -0.114. The third kappa shape index (κ3) is 9.75. The van der Waals surface area contributed by atoms with Crippen LogP contribution in [0.25, 0.3) is 21.5 Å². The smallest absolute Gasteiger partial charge is 0.296 e. The van der Waals surface area contributed by atoms with Gasteiger partial charge >= 0.3 is 0 Å². The van der Waals surface area contributed by atoms with E-state index in [1.54, 1.807) is 24.3 Å². The Balaban J connectivity index is 1.21. The van der Waals surface area contributed by atoms with Crippen molar-refractivity contribution >= 4 is 70.7 Å². The molecule has 18 heteroatoms. The molecular formula is C41H38N4O12S2. The highest BCUT2D eigenvalue weighted by atomic mass is 32.2. The molecule has 6 N–H and O–H groups in total. The van der Waals surface area contributed by atoms with Crippen molar-refractivity contribution < 1.29 is 55.2 Å². The summed E-state index contributed by atoms with van der Waals surface area (Å²) in [6.45, 7) is 5.90. The predicted molar refractivity (Wildman–Crippen MR) is 219 cm³/mol. The van der Waals surface area contributed by atoms with Crippen LogP contribution in [0.1, 0.15) is 41.3 Å². The number of carbonyl (C=O) groups is 2. The molecule has 0 atom stereocenters. The van der Waals surface area contributed by atoms with Gasteiger partial charge in [0.15, 0.2) is 5.75 Å². The summed E-state index contributed by atoms with van der Waals surface area (Å²) in [7, 11) is -9.97. The summed E-state index contributed by atoms with van der Waals surface area (Å²) >= 11 is 0. The Kier molecular flexibility index (Phi) is 12.2. The Bertz CT molecular complexity index is 2880. The number of aromatic hydroxyl groups is 2. The van der Waals surface area contributed by atoms with E-state index in [9.17, 15) is 45.7 Å². The quantitative estimate of drug-likeness (QED) is 0.0344. The van der Waals surface area contributed by atoms with Crippen molar-refractivity contribution in [3.63, 3.8) is 0 Å². The van der Waals surface area contributed by atoms with E-state index in [-0.39, 0.29) is 45.0 Å². The summed E-state index contributed by atoms with van der Waals surface area (Å²) in [5.41, 5.74) is 1.27. The second-order valence-corrected chi connectivity index (χ2v) is 16.3. The zero-order valence-electron chi connectivity index (χ0n) is 31.8. The minimum absolute atomic E-state index is 0.00338. The van der Waals surface area contributed by atoms with Gasteiger partial charge in [0.05, 0.1) is 28.4 Å². The van der Waals surface area contributed by atoms with Crippen LogP contribution in [0, 0.1) is 13.8 Å². The molecule has 0 unspecified atom stereocenters. The number of aryl methyl sites for hydroxylation is 2. The number of nitrogens with one attached hydrogen (secondary N) is 2. The van der Waals surface area contributed by atoms with Gasteiger partial charge in [0.25, 0.3) is 26.1 Å². The van der Waals surface area contributed by atoms with Gasteiger partial charge in [-0.15, -0.1) is 5.11 Å². The van der Waals surface area contributed by atoms with Crippen LogP contribution < -0.4 is 20.1 Å². The number of hydrogen-bond donors (Lipinski definition) is 6. The van der Waals surface area contributed by atoms with Crippen molar-refractivity contribution in [2.75, 3.05) is 18.5 Å². The molecule has 0 bridgehead atoms. The van der Waals surface area contributed by atoms with Crippen LogP contribution in [-0.4, -0.2) is 61.1 Å². The molecule has 0 saturated carbocycles. The van der Waals surface area contributed by atoms with Gasteiger partial charge in [0.1, 0.15) is 33.6 Å². The molecular weight excluding hydrogens is 805 g/mol. The molecule has 0 heterocycles. The van der Waals surface area contributed by atoms with Gasteiger partial charge in [-0.1, -0.05) is 42.0 Å². The van der Waals surface area contributed by atoms with Crippen molar-refractivity contribution in [3.05, 3.63) is 108 Å². The lowest BCUT2D eigenvalue weighted by Gasteiger charge is -2.14. The number of ether oxygens (including phenoxy) is 2. The molecule has 0 spiro atoms. The third-order valence-electron chi connectivity index (χ3n) is 9.01. The number of hydrogen-bond acceptors (Lipinski definition) is 12. The van der Waals surface area contributed by atoms with Crippen molar-refractivity contribution in [3.8, 4) is 28.7 Å². The second-order valence-electron chi connectivity index (χ2n) is 13.5. The summed E-state index contributed by atoms with van der Waals surface area (Å²) in [6.07, 6.45) is 1.32. The number of phenolic OH excluding ortho intramolecular Hbond substituents is 2. The Morgan fingerprint density at radius 1 is 0.763 bits per heavy atom. The average molecular weight is 843 g/mol. The highest BCUT2D eigenvalue weighted by Gasteiger charge is 2.26. The van der Waals surface area contributed by atoms with Gasteiger partial charge in [-0.05, 0) is 92.2 Å². The molecule has 59 heavy (non-hydrogen) atoms. The van der Waals surface area contributed by atoms with E-state index in [4.69, 9.17) is 9.47 Å². The van der Waals surface area contributed by atoms with E-state index in [0.29, 0.717) is 36.8 Å². The van der Waals surface area contributed by atoms with E-state index < -0.39 is 53.3 Å². The highest BCUT2D eigenvalue weighted by molar-refractivity contribution is 7.86. The Labute approximate surface area is 338 Å². The Hall–Kier alpha value is -6.60. The first-order valence-corrected chi connectivity index (χ1v) is 20.8. The van der Waals surface area contributed by atoms with Crippen molar-refractivity contribution in [1.29, 1.82) is 0 Å². The van der Waals surface area contributed by atoms with Crippen LogP contribution in [0.5, 0.6) is 28.7 Å². The maximum absolute atomic E-state index is 13.3. The number of azo groups is 1. The first-order chi connectivity index (χ1) is 27.9. The van der Waals surface area contributed by atoms with E-state index in [2.05, 4.69) is 20.9 Å². The molecule has 6 rings (SSSR count). The van der Waals surface area contributed by atoms with Crippen LogP contribution in [0.15, 0.2) is 111 Å². The van der Waals surface area contributed by atoms with Crippen LogP contribution in [0.2, 0.25) is 0 Å². The molecule has 306 valence electrons. The van der Waals surface area contributed by atoms with E-state index in [1.165, 1.54) is 30.3 Å². The molecule has 6 aromatic carbocycles. The van der Waals surface area contributed by atoms with Crippen molar-refractivity contribution in [2.45, 2.75) is 43.4 Å². The van der Waals surface area contributed by atoms with Gasteiger partial charge in [0.2, 0.25) is 5.91 Å². The van der Waals surface area contributed by atoms with Gasteiger partial charge in [-0.25, -0.2) is 0 Å². The molecule has 0 aliphatic carbocycles. The fourth-order valence-electron chi connectivity index (χ4n) is 6.26. The number of phenols is 2. The lowest BCUT2D eigenvalue weighted by atomic mass is 10.0.